The summed E-state index contributed by atoms with van der Waals surface area (Å²) in [6, 6.07) is -0.824. The predicted molar refractivity (Wildman–Crippen MR) is 67.2 cm³/mol. The van der Waals surface area contributed by atoms with E-state index in [0.29, 0.717) is 18.3 Å². The minimum absolute atomic E-state index is 0.265. The summed E-state index contributed by atoms with van der Waals surface area (Å²) in [5, 5.41) is 14.5. The molecule has 1 atom stereocenters. The summed E-state index contributed by atoms with van der Waals surface area (Å²) in [5.74, 6) is 0.289. The second-order valence-corrected chi connectivity index (χ2v) is 5.50. The highest BCUT2D eigenvalue weighted by Crippen LogP contribution is 2.44. The highest BCUT2D eigenvalue weighted by atomic mass is 16.4. The van der Waals surface area contributed by atoms with E-state index in [1.165, 1.54) is 25.7 Å². The second kappa shape index (κ2) is 5.59. The van der Waals surface area contributed by atoms with E-state index in [-0.39, 0.29) is 12.1 Å². The molecule has 2 aliphatic carbocycles. The van der Waals surface area contributed by atoms with Gasteiger partial charge in [-0.1, -0.05) is 13.3 Å². The van der Waals surface area contributed by atoms with E-state index in [1.54, 1.807) is 0 Å². The molecule has 0 heterocycles. The van der Waals surface area contributed by atoms with Crippen LogP contribution in [0.3, 0.4) is 0 Å². The van der Waals surface area contributed by atoms with Crippen LogP contribution in [0.5, 0.6) is 0 Å². The van der Waals surface area contributed by atoms with Crippen molar-refractivity contribution in [3.05, 3.63) is 0 Å². The topological polar surface area (TPSA) is 78.4 Å². The van der Waals surface area contributed by atoms with E-state index >= 15 is 0 Å². The van der Waals surface area contributed by atoms with Crippen LogP contribution >= 0.6 is 0 Å². The Morgan fingerprint density at radius 3 is 2.11 bits per heavy atom. The maximum atomic E-state index is 11.8. The maximum Gasteiger partial charge on any atom is 0.326 e. The van der Waals surface area contributed by atoms with Crippen molar-refractivity contribution in [1.29, 1.82) is 0 Å². The lowest BCUT2D eigenvalue weighted by atomic mass is 10.1. The fourth-order valence-corrected chi connectivity index (χ4v) is 2.43. The van der Waals surface area contributed by atoms with Gasteiger partial charge in [0.25, 0.3) is 0 Å². The van der Waals surface area contributed by atoms with Crippen LogP contribution in [0.4, 0.5) is 4.79 Å². The highest BCUT2D eigenvalue weighted by molar-refractivity contribution is 5.82. The quantitative estimate of drug-likeness (QED) is 0.647. The fraction of sp³-hybridized carbons (Fsp3) is 0.846. The van der Waals surface area contributed by atoms with Crippen molar-refractivity contribution in [2.75, 3.05) is 0 Å². The molecule has 0 aromatic rings. The molecule has 0 saturated heterocycles. The SMILES string of the molecule is CCCC(NC(=O)NC(C1CC1)C1CC1)C(=O)O. The largest absolute Gasteiger partial charge is 0.480 e. The maximum absolute atomic E-state index is 11.8. The average Bonchev–Trinajstić information content (AvgIpc) is 3.16. The second-order valence-electron chi connectivity index (χ2n) is 5.50. The van der Waals surface area contributed by atoms with Gasteiger partial charge in [-0.05, 0) is 43.9 Å². The Morgan fingerprint density at radius 1 is 1.17 bits per heavy atom. The first-order chi connectivity index (χ1) is 8.61. The zero-order valence-electron chi connectivity index (χ0n) is 10.8. The molecule has 1 unspecified atom stereocenters. The van der Waals surface area contributed by atoms with Crippen LogP contribution in [-0.2, 0) is 4.79 Å². The lowest BCUT2D eigenvalue weighted by Crippen LogP contribution is -2.50. The first-order valence-electron chi connectivity index (χ1n) is 6.91. The van der Waals surface area contributed by atoms with Gasteiger partial charge < -0.3 is 15.7 Å². The number of hydrogen-bond acceptors (Lipinski definition) is 2. The Hall–Kier alpha value is -1.26. The summed E-state index contributed by atoms with van der Waals surface area (Å²) >= 11 is 0. The summed E-state index contributed by atoms with van der Waals surface area (Å²) in [6.45, 7) is 1.91. The molecule has 0 aliphatic heterocycles. The number of urea groups is 1. The van der Waals surface area contributed by atoms with Crippen molar-refractivity contribution in [3.8, 4) is 0 Å². The lowest BCUT2D eigenvalue weighted by molar-refractivity contribution is -0.139. The zero-order chi connectivity index (χ0) is 13.1. The van der Waals surface area contributed by atoms with E-state index < -0.39 is 12.0 Å². The third-order valence-electron chi connectivity index (χ3n) is 3.74. The molecule has 0 spiro atoms. The van der Waals surface area contributed by atoms with Gasteiger partial charge in [-0.3, -0.25) is 0 Å². The minimum Gasteiger partial charge on any atom is -0.480 e. The van der Waals surface area contributed by atoms with Crippen LogP contribution in [-0.4, -0.2) is 29.2 Å². The summed E-state index contributed by atoms with van der Waals surface area (Å²) in [5.41, 5.74) is 0. The third kappa shape index (κ3) is 3.62. The molecule has 2 rings (SSSR count). The van der Waals surface area contributed by atoms with Crippen molar-refractivity contribution in [2.45, 2.75) is 57.5 Å². The van der Waals surface area contributed by atoms with Crippen LogP contribution < -0.4 is 10.6 Å². The minimum atomic E-state index is -0.957. The number of carboxylic acids is 1. The monoisotopic (exact) mass is 254 g/mol. The number of amides is 2. The Labute approximate surface area is 107 Å². The number of aliphatic carboxylic acids is 1. The van der Waals surface area contributed by atoms with Gasteiger partial charge in [-0.25, -0.2) is 9.59 Å². The smallest absolute Gasteiger partial charge is 0.326 e. The van der Waals surface area contributed by atoms with Crippen molar-refractivity contribution in [3.63, 3.8) is 0 Å². The Bertz CT molecular complexity index is 312. The summed E-state index contributed by atoms with van der Waals surface area (Å²) in [6.07, 6.45) is 5.99. The molecule has 5 nitrogen and oxygen atoms in total. The van der Waals surface area contributed by atoms with Gasteiger partial charge in [0, 0.05) is 6.04 Å². The summed E-state index contributed by atoms with van der Waals surface area (Å²) in [7, 11) is 0. The number of rotatable bonds is 7. The highest BCUT2D eigenvalue weighted by Gasteiger charge is 2.42. The van der Waals surface area contributed by atoms with Gasteiger partial charge in [0.1, 0.15) is 6.04 Å². The molecule has 3 N–H and O–H groups in total. The summed E-state index contributed by atoms with van der Waals surface area (Å²) < 4.78 is 0. The van der Waals surface area contributed by atoms with E-state index in [4.69, 9.17) is 5.11 Å². The molecule has 2 aliphatic rings. The molecule has 0 radical (unpaired) electrons. The van der Waals surface area contributed by atoms with Gasteiger partial charge in [0.2, 0.25) is 0 Å². The molecule has 5 heteroatoms. The van der Waals surface area contributed by atoms with Crippen molar-refractivity contribution >= 4 is 12.0 Å². The summed E-state index contributed by atoms with van der Waals surface area (Å²) in [4.78, 5) is 22.8. The number of carbonyl (C=O) groups excluding carboxylic acids is 1. The number of carboxylic acid groups (broad SMARTS) is 1. The molecule has 0 aromatic carbocycles. The van der Waals surface area contributed by atoms with Crippen LogP contribution in [0, 0.1) is 11.8 Å². The van der Waals surface area contributed by atoms with Crippen LogP contribution in [0.25, 0.3) is 0 Å². The van der Waals surface area contributed by atoms with Gasteiger partial charge in [-0.15, -0.1) is 0 Å². The van der Waals surface area contributed by atoms with Gasteiger partial charge in [0.05, 0.1) is 0 Å². The van der Waals surface area contributed by atoms with E-state index in [2.05, 4.69) is 10.6 Å². The number of carbonyl (C=O) groups is 2. The molecular formula is C13H22N2O3. The standard InChI is InChI=1S/C13H22N2O3/c1-2-3-10(12(16)17)14-13(18)15-11(8-4-5-8)9-6-7-9/h8-11H,2-7H2,1H3,(H,16,17)(H2,14,15,18). The Balaban J connectivity index is 1.80. The molecule has 0 aromatic heterocycles. The average molecular weight is 254 g/mol. The molecule has 2 fully saturated rings. The van der Waals surface area contributed by atoms with Crippen LogP contribution in [0.1, 0.15) is 45.4 Å². The molecule has 102 valence electrons. The molecular weight excluding hydrogens is 232 g/mol. The van der Waals surface area contributed by atoms with Crippen molar-refractivity contribution < 1.29 is 14.7 Å². The Morgan fingerprint density at radius 2 is 1.72 bits per heavy atom. The first kappa shape index (κ1) is 13.2. The van der Waals surface area contributed by atoms with E-state index in [0.717, 1.165) is 6.42 Å². The van der Waals surface area contributed by atoms with Gasteiger partial charge >= 0.3 is 12.0 Å². The van der Waals surface area contributed by atoms with Crippen molar-refractivity contribution in [1.82, 2.24) is 10.6 Å². The van der Waals surface area contributed by atoms with Crippen LogP contribution in [0.15, 0.2) is 0 Å². The van der Waals surface area contributed by atoms with Crippen LogP contribution in [0.2, 0.25) is 0 Å². The first-order valence-corrected chi connectivity index (χ1v) is 6.91. The molecule has 18 heavy (non-hydrogen) atoms. The number of hydrogen-bond donors (Lipinski definition) is 3. The van der Waals surface area contributed by atoms with Gasteiger partial charge in [-0.2, -0.15) is 0 Å². The molecule has 2 saturated carbocycles. The fourth-order valence-electron chi connectivity index (χ4n) is 2.43. The third-order valence-corrected chi connectivity index (χ3v) is 3.74. The lowest BCUT2D eigenvalue weighted by Gasteiger charge is -2.20. The normalized spacial score (nSPS) is 20.6. The Kier molecular flexibility index (Phi) is 4.09. The number of nitrogens with one attached hydrogen (secondary N) is 2. The van der Waals surface area contributed by atoms with E-state index in [1.807, 2.05) is 6.92 Å². The van der Waals surface area contributed by atoms with Gasteiger partial charge in [0.15, 0.2) is 0 Å². The van der Waals surface area contributed by atoms with Crippen molar-refractivity contribution in [2.24, 2.45) is 11.8 Å². The molecule has 0 bridgehead atoms. The zero-order valence-corrected chi connectivity index (χ0v) is 10.8. The molecule has 2 amide bonds. The predicted octanol–water partition coefficient (Wildman–Crippen LogP) is 1.73. The van der Waals surface area contributed by atoms with E-state index in [9.17, 15) is 9.59 Å².